The van der Waals surface area contributed by atoms with Gasteiger partial charge in [-0.15, -0.1) is 0 Å². The molecule has 0 unspecified atom stereocenters. The van der Waals surface area contributed by atoms with Gasteiger partial charge < -0.3 is 0 Å². The molecule has 0 aliphatic heterocycles. The molecule has 4 aromatic rings. The van der Waals surface area contributed by atoms with Crippen LogP contribution >= 0.6 is 11.6 Å². The van der Waals surface area contributed by atoms with Gasteiger partial charge >= 0.3 is 0 Å². The summed E-state index contributed by atoms with van der Waals surface area (Å²) < 4.78 is 2.12. The SMILES string of the molecule is C=C(c1ccccc1)c1c(-c2ccc(Cl)cc2)nc2c(C)cccn12. The minimum Gasteiger partial charge on any atom is -0.299 e. The number of imidazole rings is 1. The number of pyridine rings is 1. The number of aryl methyl sites for hydroxylation is 1. The molecule has 0 spiro atoms. The van der Waals surface area contributed by atoms with Gasteiger partial charge in [0.25, 0.3) is 0 Å². The van der Waals surface area contributed by atoms with E-state index in [2.05, 4.69) is 36.1 Å². The number of aromatic nitrogens is 2. The summed E-state index contributed by atoms with van der Waals surface area (Å²) in [5.74, 6) is 0. The minimum absolute atomic E-state index is 0.715. The first-order chi connectivity index (χ1) is 12.1. The second-order valence-electron chi connectivity index (χ2n) is 6.05. The molecule has 0 radical (unpaired) electrons. The molecule has 0 N–H and O–H groups in total. The maximum atomic E-state index is 6.06. The minimum atomic E-state index is 0.715. The predicted octanol–water partition coefficient (Wildman–Crippen LogP) is 6.02. The number of hydrogen-bond acceptors (Lipinski definition) is 1. The van der Waals surface area contributed by atoms with E-state index < -0.39 is 0 Å². The molecule has 2 heterocycles. The lowest BCUT2D eigenvalue weighted by atomic mass is 10.00. The van der Waals surface area contributed by atoms with Crippen LogP contribution in [0.3, 0.4) is 0 Å². The van der Waals surface area contributed by atoms with Crippen LogP contribution in [0.4, 0.5) is 0 Å². The Balaban J connectivity index is 2.00. The van der Waals surface area contributed by atoms with Gasteiger partial charge in [-0.2, -0.15) is 0 Å². The van der Waals surface area contributed by atoms with Gasteiger partial charge in [0.05, 0.1) is 11.4 Å². The molecule has 0 saturated carbocycles. The van der Waals surface area contributed by atoms with Crippen LogP contribution in [0.15, 0.2) is 79.5 Å². The number of fused-ring (bicyclic) bond motifs is 1. The Morgan fingerprint density at radius 1 is 0.960 bits per heavy atom. The number of rotatable bonds is 3. The van der Waals surface area contributed by atoms with Gasteiger partial charge in [0.2, 0.25) is 0 Å². The zero-order valence-corrected chi connectivity index (χ0v) is 14.7. The molecule has 3 heteroatoms. The Morgan fingerprint density at radius 3 is 2.40 bits per heavy atom. The van der Waals surface area contributed by atoms with Crippen molar-refractivity contribution in [3.63, 3.8) is 0 Å². The van der Waals surface area contributed by atoms with E-state index in [1.54, 1.807) is 0 Å². The van der Waals surface area contributed by atoms with Gasteiger partial charge in [-0.05, 0) is 36.2 Å². The largest absolute Gasteiger partial charge is 0.299 e. The Hall–Kier alpha value is -2.84. The van der Waals surface area contributed by atoms with Crippen molar-refractivity contribution in [1.29, 1.82) is 0 Å². The van der Waals surface area contributed by atoms with Crippen molar-refractivity contribution >= 4 is 22.8 Å². The second kappa shape index (κ2) is 6.23. The highest BCUT2D eigenvalue weighted by Gasteiger charge is 2.18. The molecule has 0 fully saturated rings. The smallest absolute Gasteiger partial charge is 0.140 e. The molecule has 25 heavy (non-hydrogen) atoms. The average Bonchev–Trinajstić information content (AvgIpc) is 3.03. The van der Waals surface area contributed by atoms with Crippen molar-refractivity contribution in [1.82, 2.24) is 9.38 Å². The Morgan fingerprint density at radius 2 is 1.68 bits per heavy atom. The van der Waals surface area contributed by atoms with Crippen LogP contribution in [0.5, 0.6) is 0 Å². The molecule has 0 atom stereocenters. The van der Waals surface area contributed by atoms with E-state index in [0.29, 0.717) is 5.02 Å². The molecule has 122 valence electrons. The summed E-state index contributed by atoms with van der Waals surface area (Å²) in [5, 5.41) is 0.715. The number of halogens is 1. The van der Waals surface area contributed by atoms with Crippen molar-refractivity contribution in [3.05, 3.63) is 101 Å². The highest BCUT2D eigenvalue weighted by molar-refractivity contribution is 6.30. The fraction of sp³-hybridized carbons (Fsp3) is 0.0455. The summed E-state index contributed by atoms with van der Waals surface area (Å²) >= 11 is 6.06. The van der Waals surface area contributed by atoms with Gasteiger partial charge in [-0.25, -0.2) is 4.98 Å². The maximum Gasteiger partial charge on any atom is 0.140 e. The van der Waals surface area contributed by atoms with E-state index in [0.717, 1.165) is 39.3 Å². The molecule has 0 amide bonds. The fourth-order valence-electron chi connectivity index (χ4n) is 3.08. The van der Waals surface area contributed by atoms with Crippen molar-refractivity contribution in [3.8, 4) is 11.3 Å². The second-order valence-corrected chi connectivity index (χ2v) is 6.48. The molecule has 2 aromatic carbocycles. The third-order valence-corrected chi connectivity index (χ3v) is 4.62. The predicted molar refractivity (Wildman–Crippen MR) is 105 cm³/mol. The first kappa shape index (κ1) is 15.7. The van der Waals surface area contributed by atoms with E-state index in [1.165, 1.54) is 0 Å². The van der Waals surface area contributed by atoms with E-state index in [-0.39, 0.29) is 0 Å². The monoisotopic (exact) mass is 344 g/mol. The number of benzene rings is 2. The van der Waals surface area contributed by atoms with Crippen molar-refractivity contribution < 1.29 is 0 Å². The van der Waals surface area contributed by atoms with Crippen LogP contribution in [-0.4, -0.2) is 9.38 Å². The normalized spacial score (nSPS) is 11.0. The van der Waals surface area contributed by atoms with Crippen LogP contribution in [0.2, 0.25) is 5.02 Å². The maximum absolute atomic E-state index is 6.06. The molecule has 2 nitrogen and oxygen atoms in total. The first-order valence-electron chi connectivity index (χ1n) is 8.13. The summed E-state index contributed by atoms with van der Waals surface area (Å²) in [6, 6.07) is 22.1. The fourth-order valence-corrected chi connectivity index (χ4v) is 3.20. The third-order valence-electron chi connectivity index (χ3n) is 4.37. The van der Waals surface area contributed by atoms with Gasteiger partial charge in [0.15, 0.2) is 0 Å². The topological polar surface area (TPSA) is 17.3 Å². The summed E-state index contributed by atoms with van der Waals surface area (Å²) in [6.07, 6.45) is 2.04. The Bertz CT molecular complexity index is 1060. The lowest BCUT2D eigenvalue weighted by Crippen LogP contribution is -1.95. The van der Waals surface area contributed by atoms with E-state index in [9.17, 15) is 0 Å². The molecule has 0 saturated heterocycles. The van der Waals surface area contributed by atoms with Crippen LogP contribution in [-0.2, 0) is 0 Å². The molecular weight excluding hydrogens is 328 g/mol. The standard InChI is InChI=1S/C22H17ClN2/c1-15-7-6-14-25-21(16(2)17-8-4-3-5-9-17)20(24-22(15)25)18-10-12-19(23)13-11-18/h3-14H,2H2,1H3. The molecule has 2 aromatic heterocycles. The van der Waals surface area contributed by atoms with E-state index in [1.807, 2.05) is 54.7 Å². The van der Waals surface area contributed by atoms with Crippen LogP contribution < -0.4 is 0 Å². The van der Waals surface area contributed by atoms with Crippen molar-refractivity contribution in [2.45, 2.75) is 6.92 Å². The van der Waals surface area contributed by atoms with E-state index in [4.69, 9.17) is 16.6 Å². The van der Waals surface area contributed by atoms with Crippen LogP contribution in [0, 0.1) is 6.92 Å². The molecule has 0 bridgehead atoms. The van der Waals surface area contributed by atoms with E-state index >= 15 is 0 Å². The van der Waals surface area contributed by atoms with Crippen molar-refractivity contribution in [2.75, 3.05) is 0 Å². The molecule has 4 rings (SSSR count). The third kappa shape index (κ3) is 2.75. The Kier molecular flexibility index (Phi) is 3.90. The lowest BCUT2D eigenvalue weighted by molar-refractivity contribution is 1.14. The molecule has 0 aliphatic rings. The summed E-state index contributed by atoms with van der Waals surface area (Å²) in [5.41, 5.74) is 7.06. The van der Waals surface area contributed by atoms with Crippen LogP contribution in [0.1, 0.15) is 16.8 Å². The number of nitrogens with zero attached hydrogens (tertiary/aromatic N) is 2. The van der Waals surface area contributed by atoms with Crippen LogP contribution in [0.25, 0.3) is 22.5 Å². The first-order valence-corrected chi connectivity index (χ1v) is 8.51. The zero-order chi connectivity index (χ0) is 17.4. The number of hydrogen-bond donors (Lipinski definition) is 0. The van der Waals surface area contributed by atoms with Gasteiger partial charge in [0.1, 0.15) is 5.65 Å². The molecular formula is C22H17ClN2. The quantitative estimate of drug-likeness (QED) is 0.444. The lowest BCUT2D eigenvalue weighted by Gasteiger charge is -2.09. The molecule has 0 aliphatic carbocycles. The summed E-state index contributed by atoms with van der Waals surface area (Å²) in [6.45, 7) is 6.44. The van der Waals surface area contributed by atoms with Crippen molar-refractivity contribution in [2.24, 2.45) is 0 Å². The highest BCUT2D eigenvalue weighted by Crippen LogP contribution is 2.33. The summed E-state index contributed by atoms with van der Waals surface area (Å²) in [7, 11) is 0. The van der Waals surface area contributed by atoms with Gasteiger partial charge in [-0.1, -0.05) is 66.7 Å². The highest BCUT2D eigenvalue weighted by atomic mass is 35.5. The Labute approximate surface area is 152 Å². The zero-order valence-electron chi connectivity index (χ0n) is 13.9. The van der Waals surface area contributed by atoms with Gasteiger partial charge in [0, 0.05) is 22.4 Å². The summed E-state index contributed by atoms with van der Waals surface area (Å²) in [4.78, 5) is 4.92. The van der Waals surface area contributed by atoms with Gasteiger partial charge in [-0.3, -0.25) is 4.40 Å². The average molecular weight is 345 g/mol.